The highest BCUT2D eigenvalue weighted by molar-refractivity contribution is 6.37. The molecule has 3 nitrogen and oxygen atoms in total. The van der Waals surface area contributed by atoms with Crippen LogP contribution in [0.1, 0.15) is 0 Å². The second-order valence-electron chi connectivity index (χ2n) is 16.3. The van der Waals surface area contributed by atoms with Gasteiger partial charge in [-0.1, -0.05) is 194 Å². The summed E-state index contributed by atoms with van der Waals surface area (Å²) in [4.78, 5) is 15.4. The van der Waals surface area contributed by atoms with Gasteiger partial charge in [0.2, 0.25) is 0 Å². The molecular weight excluding hydrogens is 751 g/mol. The first-order valence-electron chi connectivity index (χ1n) is 21.2. The molecule has 13 rings (SSSR count). The van der Waals surface area contributed by atoms with E-state index in [1.807, 2.05) is 18.2 Å². The van der Waals surface area contributed by atoms with E-state index in [0.717, 1.165) is 38.6 Å². The predicted octanol–water partition coefficient (Wildman–Crippen LogP) is 15.7. The molecule has 0 atom stereocenters. The summed E-state index contributed by atoms with van der Waals surface area (Å²) in [6.45, 7) is 0. The smallest absolute Gasteiger partial charge is 0.164 e. The molecule has 3 heteroatoms. The van der Waals surface area contributed by atoms with Crippen LogP contribution in [-0.2, 0) is 0 Å². The van der Waals surface area contributed by atoms with Crippen molar-refractivity contribution in [2.45, 2.75) is 0 Å². The summed E-state index contributed by atoms with van der Waals surface area (Å²) in [6.07, 6.45) is 0. The minimum atomic E-state index is 0.633. The van der Waals surface area contributed by atoms with Gasteiger partial charge >= 0.3 is 0 Å². The Kier molecular flexibility index (Phi) is 7.60. The largest absolute Gasteiger partial charge is 0.208 e. The Balaban J connectivity index is 1.03. The van der Waals surface area contributed by atoms with E-state index in [-0.39, 0.29) is 0 Å². The molecule has 0 aliphatic heterocycles. The molecule has 62 heavy (non-hydrogen) atoms. The average Bonchev–Trinajstić information content (AvgIpc) is 3.35. The maximum atomic E-state index is 5.20. The fourth-order valence-corrected chi connectivity index (χ4v) is 10.0. The van der Waals surface area contributed by atoms with E-state index in [4.69, 9.17) is 15.0 Å². The van der Waals surface area contributed by atoms with Crippen LogP contribution in [0.25, 0.3) is 132 Å². The summed E-state index contributed by atoms with van der Waals surface area (Å²) in [5, 5.41) is 17.6. The standard InChI is InChI=1S/C59H35N3/c1-2-14-40(15-3-1)57-60-58(62-59(61-57)51-28-9-16-36-13-4-5-22-45(36)51)43-21-8-20-41(33-43)46-23-6-7-24-47(46)44-34-42-32-31-39-18-11-26-49-48-25-10-17-37-29-30-38-19-12-27-50(55(38)53(37)48)52(35-44)56(42)54(39)49/h1-35H. The van der Waals surface area contributed by atoms with Crippen molar-refractivity contribution in [3.05, 3.63) is 212 Å². The molecule has 12 aromatic carbocycles. The van der Waals surface area contributed by atoms with Gasteiger partial charge in [-0.05, 0) is 116 Å². The van der Waals surface area contributed by atoms with E-state index in [0.29, 0.717) is 17.5 Å². The molecule has 0 bridgehead atoms. The van der Waals surface area contributed by atoms with Crippen LogP contribution in [0.3, 0.4) is 0 Å². The summed E-state index contributed by atoms with van der Waals surface area (Å²) in [5.41, 5.74) is 7.43. The molecule has 0 saturated heterocycles. The van der Waals surface area contributed by atoms with Gasteiger partial charge in [-0.25, -0.2) is 15.0 Å². The average molecular weight is 786 g/mol. The lowest BCUT2D eigenvalue weighted by Crippen LogP contribution is -2.00. The highest BCUT2D eigenvalue weighted by atomic mass is 15.0. The van der Waals surface area contributed by atoms with Crippen LogP contribution >= 0.6 is 0 Å². The molecule has 0 unspecified atom stereocenters. The Labute approximate surface area is 357 Å². The van der Waals surface area contributed by atoms with E-state index in [9.17, 15) is 0 Å². The number of benzene rings is 11. The lowest BCUT2D eigenvalue weighted by Gasteiger charge is -2.18. The molecular formula is C59H35N3. The van der Waals surface area contributed by atoms with E-state index in [1.165, 1.54) is 75.8 Å². The van der Waals surface area contributed by atoms with Crippen LogP contribution in [0.2, 0.25) is 0 Å². The minimum absolute atomic E-state index is 0.633. The van der Waals surface area contributed by atoms with E-state index < -0.39 is 0 Å². The van der Waals surface area contributed by atoms with E-state index >= 15 is 0 Å². The molecule has 0 spiro atoms. The summed E-state index contributed by atoms with van der Waals surface area (Å²) in [6, 6.07) is 76.7. The Morgan fingerprint density at radius 3 is 1.35 bits per heavy atom. The molecule has 0 saturated carbocycles. The van der Waals surface area contributed by atoms with Crippen molar-refractivity contribution in [3.8, 4) is 56.4 Å². The molecule has 0 amide bonds. The van der Waals surface area contributed by atoms with Gasteiger partial charge in [0.25, 0.3) is 0 Å². The minimum Gasteiger partial charge on any atom is -0.208 e. The van der Waals surface area contributed by atoms with Gasteiger partial charge in [0.15, 0.2) is 17.5 Å². The molecule has 0 fully saturated rings. The highest BCUT2D eigenvalue weighted by Gasteiger charge is 2.19. The summed E-state index contributed by atoms with van der Waals surface area (Å²) in [7, 11) is 0. The van der Waals surface area contributed by atoms with Gasteiger partial charge in [-0.2, -0.15) is 0 Å². The van der Waals surface area contributed by atoms with Crippen molar-refractivity contribution in [1.82, 2.24) is 15.0 Å². The second-order valence-corrected chi connectivity index (χ2v) is 16.3. The Bertz CT molecular complexity index is 3910. The summed E-state index contributed by atoms with van der Waals surface area (Å²) >= 11 is 0. The van der Waals surface area contributed by atoms with Crippen molar-refractivity contribution in [1.29, 1.82) is 0 Å². The van der Waals surface area contributed by atoms with Crippen LogP contribution < -0.4 is 0 Å². The van der Waals surface area contributed by atoms with E-state index in [2.05, 4.69) is 194 Å². The predicted molar refractivity (Wildman–Crippen MR) is 261 cm³/mol. The maximum absolute atomic E-state index is 5.20. The zero-order valence-electron chi connectivity index (χ0n) is 33.5. The summed E-state index contributed by atoms with van der Waals surface area (Å²) in [5.74, 6) is 1.93. The first-order valence-corrected chi connectivity index (χ1v) is 21.2. The molecule has 0 aliphatic rings. The van der Waals surface area contributed by atoms with Crippen molar-refractivity contribution in [2.24, 2.45) is 0 Å². The van der Waals surface area contributed by atoms with Gasteiger partial charge in [-0.15, -0.1) is 0 Å². The van der Waals surface area contributed by atoms with Crippen molar-refractivity contribution >= 4 is 75.4 Å². The number of hydrogen-bond donors (Lipinski definition) is 0. The fourth-order valence-electron chi connectivity index (χ4n) is 10.0. The highest BCUT2D eigenvalue weighted by Crippen LogP contribution is 2.45. The molecule has 13 aromatic rings. The Morgan fingerprint density at radius 2 is 0.645 bits per heavy atom. The summed E-state index contributed by atoms with van der Waals surface area (Å²) < 4.78 is 0. The van der Waals surface area contributed by atoms with E-state index in [1.54, 1.807) is 0 Å². The molecule has 0 radical (unpaired) electrons. The maximum Gasteiger partial charge on any atom is 0.164 e. The number of hydrogen-bond acceptors (Lipinski definition) is 3. The van der Waals surface area contributed by atoms with Crippen LogP contribution in [-0.4, -0.2) is 15.0 Å². The van der Waals surface area contributed by atoms with Crippen molar-refractivity contribution < 1.29 is 0 Å². The van der Waals surface area contributed by atoms with Crippen LogP contribution in [0.5, 0.6) is 0 Å². The molecule has 0 aliphatic carbocycles. The second kappa shape index (κ2) is 13.6. The first-order chi connectivity index (χ1) is 30.7. The monoisotopic (exact) mass is 785 g/mol. The molecule has 1 aromatic heterocycles. The Hall–Kier alpha value is -8.27. The SMILES string of the molecule is c1ccc(-c2nc(-c3cccc(-c4ccccc4-c4cc5ccc6cccc7c8cccc9ccc%10cccc(c(c4)c5c67)c%10c98)c3)nc(-c3cccc4ccccc34)n2)cc1. The Morgan fingerprint density at radius 1 is 0.210 bits per heavy atom. The first kappa shape index (κ1) is 34.6. The van der Waals surface area contributed by atoms with Gasteiger partial charge in [-0.3, -0.25) is 0 Å². The lowest BCUT2D eigenvalue weighted by molar-refractivity contribution is 1.08. The van der Waals surface area contributed by atoms with Gasteiger partial charge in [0, 0.05) is 16.7 Å². The molecule has 0 N–H and O–H groups in total. The quantitative estimate of drug-likeness (QED) is 0.163. The van der Waals surface area contributed by atoms with Crippen molar-refractivity contribution in [3.63, 3.8) is 0 Å². The van der Waals surface area contributed by atoms with Crippen LogP contribution in [0.15, 0.2) is 212 Å². The van der Waals surface area contributed by atoms with Gasteiger partial charge < -0.3 is 0 Å². The van der Waals surface area contributed by atoms with Crippen molar-refractivity contribution in [2.75, 3.05) is 0 Å². The van der Waals surface area contributed by atoms with Gasteiger partial charge in [0.1, 0.15) is 0 Å². The zero-order chi connectivity index (χ0) is 40.7. The van der Waals surface area contributed by atoms with Gasteiger partial charge in [0.05, 0.1) is 0 Å². The third kappa shape index (κ3) is 5.35. The molecule has 286 valence electrons. The van der Waals surface area contributed by atoms with Crippen LogP contribution in [0.4, 0.5) is 0 Å². The fraction of sp³-hybridized carbons (Fsp3) is 0. The number of rotatable bonds is 5. The third-order valence-electron chi connectivity index (χ3n) is 12.8. The third-order valence-corrected chi connectivity index (χ3v) is 12.8. The van der Waals surface area contributed by atoms with Crippen LogP contribution in [0, 0.1) is 0 Å². The normalized spacial score (nSPS) is 11.9. The topological polar surface area (TPSA) is 38.7 Å². The zero-order valence-corrected chi connectivity index (χ0v) is 33.5. The molecule has 1 heterocycles. The number of aromatic nitrogens is 3. The lowest BCUT2D eigenvalue weighted by atomic mass is 9.85. The number of fused-ring (bicyclic) bond motifs is 3. The number of nitrogens with zero attached hydrogens (tertiary/aromatic N) is 3.